The Balaban J connectivity index is 1.63. The van der Waals surface area contributed by atoms with Crippen molar-refractivity contribution in [1.82, 2.24) is 15.0 Å². The number of thiophene rings is 1. The number of benzene rings is 1. The zero-order valence-electron chi connectivity index (χ0n) is 13.6. The van der Waals surface area contributed by atoms with Crippen molar-refractivity contribution in [3.63, 3.8) is 0 Å². The summed E-state index contributed by atoms with van der Waals surface area (Å²) in [6.07, 6.45) is 4.67. The van der Waals surface area contributed by atoms with Crippen LogP contribution in [0.3, 0.4) is 0 Å². The molecule has 0 bridgehead atoms. The first-order valence-electron chi connectivity index (χ1n) is 7.82. The molecule has 0 aliphatic rings. The normalized spacial score (nSPS) is 10.6. The fourth-order valence-electron chi connectivity index (χ4n) is 2.50. The van der Waals surface area contributed by atoms with Gasteiger partial charge in [-0.25, -0.2) is 9.97 Å². The highest BCUT2D eigenvalue weighted by Crippen LogP contribution is 2.31. The maximum atomic E-state index is 11.4. The minimum absolute atomic E-state index is 0.281. The topological polar surface area (TPSA) is 79.9 Å². The highest BCUT2D eigenvalue weighted by Gasteiger charge is 2.11. The lowest BCUT2D eigenvalue weighted by Gasteiger charge is -2.07. The van der Waals surface area contributed by atoms with Crippen LogP contribution in [0.2, 0.25) is 0 Å². The van der Waals surface area contributed by atoms with Crippen LogP contribution >= 0.6 is 11.3 Å². The van der Waals surface area contributed by atoms with Crippen LogP contribution in [0, 0.1) is 0 Å². The third kappa shape index (κ3) is 3.20. The Morgan fingerprint density at radius 2 is 2.23 bits per heavy atom. The first kappa shape index (κ1) is 16.0. The Kier molecular flexibility index (Phi) is 4.20. The number of aromatic amines is 1. The molecule has 1 aromatic carbocycles. The summed E-state index contributed by atoms with van der Waals surface area (Å²) in [5.41, 5.74) is 3.05. The summed E-state index contributed by atoms with van der Waals surface area (Å²) >= 11 is 1.64. The molecule has 0 aliphatic heterocycles. The number of hydrogen-bond donors (Lipinski definition) is 2. The van der Waals surface area contributed by atoms with Crippen molar-refractivity contribution in [2.45, 2.75) is 0 Å². The monoisotopic (exact) mass is 362 g/mol. The van der Waals surface area contributed by atoms with Gasteiger partial charge < -0.3 is 15.0 Å². The van der Waals surface area contributed by atoms with Gasteiger partial charge in [0.1, 0.15) is 11.3 Å². The molecule has 0 saturated heterocycles. The third-order valence-corrected chi connectivity index (χ3v) is 4.56. The summed E-state index contributed by atoms with van der Waals surface area (Å²) in [7, 11) is 0. The fraction of sp³-hybridized carbons (Fsp3) is 0. The SMILES string of the molecule is C=CC(=O)Nc1cccc(Oc2cnc3[nH]cc(-c4cccs4)c3n2)c1. The van der Waals surface area contributed by atoms with Crippen molar-refractivity contribution in [1.29, 1.82) is 0 Å². The predicted molar refractivity (Wildman–Crippen MR) is 103 cm³/mol. The summed E-state index contributed by atoms with van der Waals surface area (Å²) in [5.74, 6) is 0.645. The number of amides is 1. The van der Waals surface area contributed by atoms with E-state index in [1.165, 1.54) is 6.08 Å². The Labute approximate surface area is 153 Å². The lowest BCUT2D eigenvalue weighted by atomic mass is 10.2. The molecule has 1 amide bonds. The zero-order chi connectivity index (χ0) is 17.9. The van der Waals surface area contributed by atoms with Gasteiger partial charge in [0, 0.05) is 28.4 Å². The van der Waals surface area contributed by atoms with Gasteiger partial charge in [0.15, 0.2) is 5.65 Å². The molecule has 3 heterocycles. The van der Waals surface area contributed by atoms with Gasteiger partial charge in [0.25, 0.3) is 0 Å². The van der Waals surface area contributed by atoms with Crippen molar-refractivity contribution in [2.75, 3.05) is 5.32 Å². The van der Waals surface area contributed by atoms with Crippen LogP contribution in [0.25, 0.3) is 21.6 Å². The number of nitrogens with one attached hydrogen (secondary N) is 2. The molecule has 6 nitrogen and oxygen atoms in total. The van der Waals surface area contributed by atoms with Crippen LogP contribution in [0.5, 0.6) is 11.6 Å². The Morgan fingerprint density at radius 1 is 1.31 bits per heavy atom. The molecule has 128 valence electrons. The Bertz CT molecular complexity index is 1090. The van der Waals surface area contributed by atoms with Gasteiger partial charge in [-0.3, -0.25) is 4.79 Å². The maximum absolute atomic E-state index is 11.4. The number of nitrogens with zero attached hydrogens (tertiary/aromatic N) is 2. The number of H-pyrrole nitrogens is 1. The highest BCUT2D eigenvalue weighted by atomic mass is 32.1. The molecule has 0 radical (unpaired) electrons. The van der Waals surface area contributed by atoms with Gasteiger partial charge in [-0.2, -0.15) is 0 Å². The lowest BCUT2D eigenvalue weighted by molar-refractivity contribution is -0.111. The molecule has 2 N–H and O–H groups in total. The number of ether oxygens (including phenoxy) is 1. The van der Waals surface area contributed by atoms with Gasteiger partial charge in [0.2, 0.25) is 11.8 Å². The molecule has 26 heavy (non-hydrogen) atoms. The second-order valence-corrected chi connectivity index (χ2v) is 6.36. The molecule has 0 aliphatic carbocycles. The van der Waals surface area contributed by atoms with Crippen molar-refractivity contribution < 1.29 is 9.53 Å². The number of anilines is 1. The molecule has 7 heteroatoms. The lowest BCUT2D eigenvalue weighted by Crippen LogP contribution is -2.07. The van der Waals surface area contributed by atoms with Crippen LogP contribution in [-0.4, -0.2) is 20.9 Å². The molecular weight excluding hydrogens is 348 g/mol. The van der Waals surface area contributed by atoms with Gasteiger partial charge in [-0.15, -0.1) is 11.3 Å². The van der Waals surface area contributed by atoms with Gasteiger partial charge in [-0.1, -0.05) is 18.7 Å². The van der Waals surface area contributed by atoms with Gasteiger partial charge >= 0.3 is 0 Å². The first-order chi connectivity index (χ1) is 12.7. The van der Waals surface area contributed by atoms with Crippen molar-refractivity contribution in [3.8, 4) is 22.1 Å². The van der Waals surface area contributed by atoms with Crippen molar-refractivity contribution >= 4 is 34.1 Å². The van der Waals surface area contributed by atoms with Crippen LogP contribution in [-0.2, 0) is 4.79 Å². The molecule has 0 unspecified atom stereocenters. The summed E-state index contributed by atoms with van der Waals surface area (Å²) in [6.45, 7) is 3.44. The number of aromatic nitrogens is 3. The Hall–Kier alpha value is -3.45. The van der Waals surface area contributed by atoms with Crippen LogP contribution in [0.15, 0.2) is 66.8 Å². The largest absolute Gasteiger partial charge is 0.437 e. The second kappa shape index (κ2) is 6.81. The number of carbonyl (C=O) groups is 1. The molecule has 0 saturated carbocycles. The summed E-state index contributed by atoms with van der Waals surface area (Å²) in [6, 6.07) is 11.1. The van der Waals surface area contributed by atoms with Gasteiger partial charge in [0.05, 0.1) is 6.20 Å². The quantitative estimate of drug-likeness (QED) is 0.508. The van der Waals surface area contributed by atoms with E-state index in [2.05, 4.69) is 26.8 Å². The van der Waals surface area contributed by atoms with Crippen molar-refractivity contribution in [2.24, 2.45) is 0 Å². The summed E-state index contributed by atoms with van der Waals surface area (Å²) in [4.78, 5) is 24.6. The summed E-state index contributed by atoms with van der Waals surface area (Å²) < 4.78 is 5.82. The van der Waals surface area contributed by atoms with E-state index < -0.39 is 0 Å². The zero-order valence-corrected chi connectivity index (χ0v) is 14.4. The first-order valence-corrected chi connectivity index (χ1v) is 8.70. The number of hydrogen-bond acceptors (Lipinski definition) is 5. The average Bonchev–Trinajstić information content (AvgIpc) is 3.31. The van der Waals surface area contributed by atoms with E-state index in [9.17, 15) is 4.79 Å². The highest BCUT2D eigenvalue weighted by molar-refractivity contribution is 7.13. The van der Waals surface area contributed by atoms with Crippen LogP contribution in [0.4, 0.5) is 5.69 Å². The number of carbonyl (C=O) groups excluding carboxylic acids is 1. The van der Waals surface area contributed by atoms with E-state index in [1.807, 2.05) is 23.7 Å². The molecule has 4 rings (SSSR count). The predicted octanol–water partition coefficient (Wildman–Crippen LogP) is 4.60. The minimum Gasteiger partial charge on any atom is -0.437 e. The van der Waals surface area contributed by atoms with E-state index in [1.54, 1.807) is 41.8 Å². The minimum atomic E-state index is -0.281. The van der Waals surface area contributed by atoms with E-state index in [-0.39, 0.29) is 5.91 Å². The van der Waals surface area contributed by atoms with E-state index in [0.29, 0.717) is 23.0 Å². The molecule has 0 fully saturated rings. The van der Waals surface area contributed by atoms with E-state index in [0.717, 1.165) is 16.0 Å². The van der Waals surface area contributed by atoms with E-state index >= 15 is 0 Å². The van der Waals surface area contributed by atoms with Crippen molar-refractivity contribution in [3.05, 3.63) is 66.8 Å². The van der Waals surface area contributed by atoms with Crippen LogP contribution in [0.1, 0.15) is 0 Å². The smallest absolute Gasteiger partial charge is 0.247 e. The molecule has 0 atom stereocenters. The van der Waals surface area contributed by atoms with Crippen LogP contribution < -0.4 is 10.1 Å². The maximum Gasteiger partial charge on any atom is 0.247 e. The molecule has 4 aromatic rings. The third-order valence-electron chi connectivity index (χ3n) is 3.65. The number of rotatable bonds is 5. The second-order valence-electron chi connectivity index (χ2n) is 5.41. The molecular formula is C19H14N4O2S. The standard InChI is InChI=1S/C19H14N4O2S/c1-2-16(24)22-12-5-3-6-13(9-12)25-17-11-21-19-18(23-17)14(10-20-19)15-7-4-8-26-15/h2-11H,1H2,(H,20,21)(H,22,24). The molecule has 3 aromatic heterocycles. The summed E-state index contributed by atoms with van der Waals surface area (Å²) in [5, 5.41) is 4.71. The Morgan fingerprint density at radius 3 is 3.04 bits per heavy atom. The van der Waals surface area contributed by atoms with E-state index in [4.69, 9.17) is 4.74 Å². The van der Waals surface area contributed by atoms with Gasteiger partial charge in [-0.05, 0) is 29.7 Å². The fourth-order valence-corrected chi connectivity index (χ4v) is 3.24. The molecule has 0 spiro atoms. The average molecular weight is 362 g/mol. The number of fused-ring (bicyclic) bond motifs is 1.